The minimum atomic E-state index is -4.80. The molecular formula is C30H34Cl2F3NO2. The van der Waals surface area contributed by atoms with Gasteiger partial charge in [-0.05, 0) is 73.4 Å². The first-order valence-corrected chi connectivity index (χ1v) is 13.8. The molecule has 1 saturated carbocycles. The van der Waals surface area contributed by atoms with E-state index >= 15 is 0 Å². The van der Waals surface area contributed by atoms with Crippen molar-refractivity contribution < 1.29 is 23.1 Å². The fourth-order valence-corrected chi connectivity index (χ4v) is 6.49. The molecular weight excluding hydrogens is 534 g/mol. The molecule has 1 N–H and O–H groups in total. The van der Waals surface area contributed by atoms with Crippen LogP contribution in [0.15, 0.2) is 61.2 Å². The van der Waals surface area contributed by atoms with Crippen LogP contribution in [0.5, 0.6) is 0 Å². The lowest BCUT2D eigenvalue weighted by Crippen LogP contribution is -2.59. The quantitative estimate of drug-likeness (QED) is 0.308. The van der Waals surface area contributed by atoms with E-state index in [1.165, 1.54) is 0 Å². The summed E-state index contributed by atoms with van der Waals surface area (Å²) in [6.07, 6.45) is -1.95. The molecule has 2 fully saturated rings. The summed E-state index contributed by atoms with van der Waals surface area (Å²) in [5.74, 6) is -1.34. The molecule has 2 aromatic rings. The summed E-state index contributed by atoms with van der Waals surface area (Å²) in [6, 6.07) is 13.1. The maximum atomic E-state index is 14.3. The lowest BCUT2D eigenvalue weighted by molar-refractivity contribution is -0.275. The average molecular weight is 569 g/mol. The van der Waals surface area contributed by atoms with E-state index in [2.05, 4.69) is 6.58 Å². The lowest BCUT2D eigenvalue weighted by Gasteiger charge is -2.53. The van der Waals surface area contributed by atoms with Crippen LogP contribution in [0.2, 0.25) is 10.0 Å². The van der Waals surface area contributed by atoms with E-state index in [-0.39, 0.29) is 18.2 Å². The smallest absolute Gasteiger partial charge is 0.380 e. The number of halogens is 5. The van der Waals surface area contributed by atoms with Crippen molar-refractivity contribution in [1.29, 1.82) is 0 Å². The number of rotatable bonds is 9. The second kappa shape index (κ2) is 10.9. The Hall–Kier alpha value is -2.02. The third kappa shape index (κ3) is 5.50. The first kappa shape index (κ1) is 29.0. The molecule has 1 saturated heterocycles. The van der Waals surface area contributed by atoms with Crippen molar-refractivity contribution in [2.75, 3.05) is 0 Å². The first-order valence-electron chi connectivity index (χ1n) is 13.1. The van der Waals surface area contributed by atoms with Gasteiger partial charge in [0.15, 0.2) is 5.60 Å². The molecule has 0 radical (unpaired) electrons. The number of hydrogen-bond donors (Lipinski definition) is 1. The van der Waals surface area contributed by atoms with E-state index in [0.29, 0.717) is 35.7 Å². The summed E-state index contributed by atoms with van der Waals surface area (Å²) in [7, 11) is 0. The number of nitrogens with zero attached hydrogens (tertiary/aromatic N) is 1. The number of amides is 1. The van der Waals surface area contributed by atoms with E-state index in [9.17, 15) is 23.1 Å². The molecule has 38 heavy (non-hydrogen) atoms. The van der Waals surface area contributed by atoms with Crippen molar-refractivity contribution in [3.05, 3.63) is 82.4 Å². The third-order valence-corrected chi connectivity index (χ3v) is 8.83. The average Bonchev–Trinajstić information content (AvgIpc) is 3.70. The molecule has 3 nitrogen and oxygen atoms in total. The second-order valence-electron chi connectivity index (χ2n) is 11.1. The molecule has 8 heteroatoms. The maximum Gasteiger partial charge on any atom is 0.417 e. The Labute approximate surface area is 232 Å². The molecule has 2 aliphatic rings. The minimum absolute atomic E-state index is 0.234. The van der Waals surface area contributed by atoms with E-state index < -0.39 is 41.6 Å². The Bertz CT molecular complexity index is 1170. The van der Waals surface area contributed by atoms with Crippen LogP contribution in [0, 0.1) is 11.3 Å². The Balaban J connectivity index is 1.89. The molecule has 1 amide bonds. The molecule has 5 atom stereocenters. The van der Waals surface area contributed by atoms with Crippen molar-refractivity contribution in [2.45, 2.75) is 82.2 Å². The number of carbonyl (C=O) groups excluding carboxylic acids is 1. The van der Waals surface area contributed by atoms with Crippen LogP contribution in [-0.2, 0) is 4.79 Å². The Morgan fingerprint density at radius 1 is 1.13 bits per heavy atom. The zero-order valence-corrected chi connectivity index (χ0v) is 23.2. The third-order valence-electron chi connectivity index (χ3n) is 8.34. The summed E-state index contributed by atoms with van der Waals surface area (Å²) in [5.41, 5.74) is -2.07. The first-order chi connectivity index (χ1) is 17.8. The highest BCUT2D eigenvalue weighted by Crippen LogP contribution is 2.55. The second-order valence-corrected chi connectivity index (χ2v) is 12.0. The number of piperidine rings is 1. The van der Waals surface area contributed by atoms with Crippen molar-refractivity contribution in [3.8, 4) is 0 Å². The van der Waals surface area contributed by atoms with Gasteiger partial charge in [-0.3, -0.25) is 4.79 Å². The van der Waals surface area contributed by atoms with Gasteiger partial charge in [0.2, 0.25) is 5.91 Å². The van der Waals surface area contributed by atoms with Gasteiger partial charge in [-0.2, -0.15) is 13.2 Å². The number of carbonyl (C=O) groups is 1. The molecule has 1 aliphatic carbocycles. The molecule has 2 aromatic carbocycles. The molecule has 0 aromatic heterocycles. The highest BCUT2D eigenvalue weighted by Gasteiger charge is 2.63. The highest BCUT2D eigenvalue weighted by atomic mass is 35.5. The van der Waals surface area contributed by atoms with Gasteiger partial charge in [-0.1, -0.05) is 67.4 Å². The van der Waals surface area contributed by atoms with Gasteiger partial charge in [-0.25, -0.2) is 0 Å². The Morgan fingerprint density at radius 3 is 2.32 bits per heavy atom. The lowest BCUT2D eigenvalue weighted by atomic mass is 9.66. The molecule has 4 rings (SSSR count). The van der Waals surface area contributed by atoms with E-state index in [4.69, 9.17) is 23.2 Å². The zero-order valence-electron chi connectivity index (χ0n) is 21.6. The van der Waals surface area contributed by atoms with Crippen LogP contribution in [0.4, 0.5) is 13.2 Å². The number of alkyl halides is 3. The van der Waals surface area contributed by atoms with Crippen LogP contribution in [0.1, 0.15) is 75.5 Å². The van der Waals surface area contributed by atoms with Gasteiger partial charge < -0.3 is 10.0 Å². The van der Waals surface area contributed by atoms with Crippen molar-refractivity contribution in [2.24, 2.45) is 11.3 Å². The summed E-state index contributed by atoms with van der Waals surface area (Å²) in [4.78, 5) is 15.9. The predicted octanol–water partition coefficient (Wildman–Crippen LogP) is 8.51. The SMILES string of the molecule is C=CC[C@@]1(C)C[C@H](c2cccc(Cl)c2)[C@@H](c2ccc(Cl)cc2)N(C(CC)C[C@@](O)(C2CC2)C(F)(F)F)C1=O. The van der Waals surface area contributed by atoms with E-state index in [0.717, 1.165) is 11.1 Å². The van der Waals surface area contributed by atoms with Crippen LogP contribution in [0.25, 0.3) is 0 Å². The molecule has 1 aliphatic heterocycles. The van der Waals surface area contributed by atoms with Crippen LogP contribution < -0.4 is 0 Å². The molecule has 1 heterocycles. The number of hydrogen-bond acceptors (Lipinski definition) is 2. The van der Waals surface area contributed by atoms with E-state index in [1.54, 1.807) is 36.1 Å². The number of aliphatic hydroxyl groups is 1. The summed E-state index contributed by atoms with van der Waals surface area (Å²) in [5, 5.41) is 12.1. The standard InChI is InChI=1S/C30H34Cl2F3NO2/c1-4-15-28(3)18-25(20-7-6-8-23(32)16-20)26(19-9-13-22(31)14-10-19)36(27(28)37)24(5-2)17-29(38,21-11-12-21)30(33,34)35/h4,6-10,13-14,16,21,24-26,38H,1,5,11-12,15,17-18H2,2-3H3/t24?,25-,26-,28+,29-/m1/s1. The summed E-state index contributed by atoms with van der Waals surface area (Å²) < 4.78 is 42.9. The van der Waals surface area contributed by atoms with Crippen molar-refractivity contribution in [1.82, 2.24) is 4.90 Å². The topological polar surface area (TPSA) is 40.5 Å². The van der Waals surface area contributed by atoms with Gasteiger partial charge in [0.1, 0.15) is 0 Å². The van der Waals surface area contributed by atoms with Crippen molar-refractivity contribution >= 4 is 29.1 Å². The Morgan fingerprint density at radius 2 is 1.79 bits per heavy atom. The largest absolute Gasteiger partial charge is 0.417 e. The van der Waals surface area contributed by atoms with Gasteiger partial charge in [0.25, 0.3) is 0 Å². The number of likely N-dealkylation sites (tertiary alicyclic amines) is 1. The number of benzene rings is 2. The molecule has 206 valence electrons. The van der Waals surface area contributed by atoms with Gasteiger partial charge in [0, 0.05) is 28.4 Å². The summed E-state index contributed by atoms with van der Waals surface area (Å²) >= 11 is 12.6. The van der Waals surface area contributed by atoms with E-state index in [1.807, 2.05) is 37.3 Å². The fourth-order valence-electron chi connectivity index (χ4n) is 6.16. The monoisotopic (exact) mass is 567 g/mol. The molecule has 0 bridgehead atoms. The predicted molar refractivity (Wildman–Crippen MR) is 145 cm³/mol. The normalized spacial score (nSPS) is 26.6. The van der Waals surface area contributed by atoms with Crippen molar-refractivity contribution in [3.63, 3.8) is 0 Å². The minimum Gasteiger partial charge on any atom is -0.380 e. The molecule has 0 spiro atoms. The highest BCUT2D eigenvalue weighted by molar-refractivity contribution is 6.30. The van der Waals surface area contributed by atoms with Crippen LogP contribution in [-0.4, -0.2) is 33.7 Å². The van der Waals surface area contributed by atoms with Gasteiger partial charge >= 0.3 is 6.18 Å². The zero-order chi connectivity index (χ0) is 27.9. The fraction of sp³-hybridized carbons (Fsp3) is 0.500. The molecule has 1 unspecified atom stereocenters. The van der Waals surface area contributed by atoms with Gasteiger partial charge in [0.05, 0.1) is 11.5 Å². The Kier molecular flexibility index (Phi) is 8.28. The summed E-state index contributed by atoms with van der Waals surface area (Å²) in [6.45, 7) is 7.47. The van der Waals surface area contributed by atoms with Crippen LogP contribution in [0.3, 0.4) is 0 Å². The van der Waals surface area contributed by atoms with Crippen LogP contribution >= 0.6 is 23.2 Å². The van der Waals surface area contributed by atoms with Gasteiger partial charge in [-0.15, -0.1) is 6.58 Å². The number of allylic oxidation sites excluding steroid dienone is 1. The maximum absolute atomic E-state index is 14.3.